The molecule has 2 heterocycles. The fraction of sp³-hybridized carbons (Fsp3) is 0.250. The predicted molar refractivity (Wildman–Crippen MR) is 74.2 cm³/mol. The van der Waals surface area contributed by atoms with Crippen LogP contribution in [0.5, 0.6) is 0 Å². The quantitative estimate of drug-likeness (QED) is 0.850. The van der Waals surface area contributed by atoms with Crippen LogP contribution in [0.25, 0.3) is 0 Å². The highest BCUT2D eigenvalue weighted by atomic mass is 35.5. The van der Waals surface area contributed by atoms with Gasteiger partial charge in [0.05, 0.1) is 5.02 Å². The minimum Gasteiger partial charge on any atom is -0.370 e. The summed E-state index contributed by atoms with van der Waals surface area (Å²) in [7, 11) is 0. The maximum Gasteiger partial charge on any atom is 0.130 e. The number of rotatable bonds is 5. The Balaban J connectivity index is 2.06. The first-order chi connectivity index (χ1) is 8.78. The number of hydrogen-bond acceptors (Lipinski definition) is 5. The third-order valence-electron chi connectivity index (χ3n) is 2.11. The van der Waals surface area contributed by atoms with E-state index in [0.717, 1.165) is 28.8 Å². The molecule has 94 valence electrons. The molecule has 1 N–H and O–H groups in total. The largest absolute Gasteiger partial charge is 0.370 e. The van der Waals surface area contributed by atoms with E-state index in [0.29, 0.717) is 5.02 Å². The number of pyridine rings is 1. The van der Waals surface area contributed by atoms with Gasteiger partial charge in [-0.15, -0.1) is 0 Å². The number of anilines is 1. The predicted octanol–water partition coefficient (Wildman–Crippen LogP) is 3.50. The first-order valence-corrected chi connectivity index (χ1v) is 6.82. The van der Waals surface area contributed by atoms with Crippen molar-refractivity contribution in [2.24, 2.45) is 0 Å². The lowest BCUT2D eigenvalue weighted by Gasteiger charge is -2.05. The van der Waals surface area contributed by atoms with E-state index in [9.17, 15) is 0 Å². The summed E-state index contributed by atoms with van der Waals surface area (Å²) in [5.74, 6) is 0.836. The zero-order valence-electron chi connectivity index (χ0n) is 9.93. The Morgan fingerprint density at radius 1 is 1.22 bits per heavy atom. The van der Waals surface area contributed by atoms with Crippen molar-refractivity contribution in [3.63, 3.8) is 0 Å². The van der Waals surface area contributed by atoms with Crippen molar-refractivity contribution in [1.82, 2.24) is 15.0 Å². The number of nitrogens with zero attached hydrogens (tertiary/aromatic N) is 3. The highest BCUT2D eigenvalue weighted by Gasteiger charge is 2.02. The van der Waals surface area contributed by atoms with Gasteiger partial charge >= 0.3 is 0 Å². The second-order valence-corrected chi connectivity index (χ2v) is 5.06. The second-order valence-electron chi connectivity index (χ2n) is 3.58. The zero-order valence-corrected chi connectivity index (χ0v) is 11.5. The average molecular weight is 281 g/mol. The number of aromatic nitrogens is 3. The van der Waals surface area contributed by atoms with Crippen LogP contribution < -0.4 is 5.32 Å². The molecule has 0 radical (unpaired) electrons. The molecule has 0 saturated heterocycles. The summed E-state index contributed by atoms with van der Waals surface area (Å²) in [4.78, 5) is 12.6. The standard InChI is InChI=1S/C12H13ClN4S/c1-2-5-14-10-6-12(17-8-16-10)18-11-4-3-9(13)7-15-11/h3-4,6-8H,2,5H2,1H3,(H,14,16,17). The lowest BCUT2D eigenvalue weighted by Crippen LogP contribution is -2.02. The Morgan fingerprint density at radius 3 is 2.83 bits per heavy atom. The Kier molecular flexibility index (Phi) is 4.78. The normalized spacial score (nSPS) is 10.3. The van der Waals surface area contributed by atoms with E-state index in [1.54, 1.807) is 12.5 Å². The monoisotopic (exact) mass is 280 g/mol. The third-order valence-corrected chi connectivity index (χ3v) is 3.21. The van der Waals surface area contributed by atoms with Crippen LogP contribution in [0.2, 0.25) is 5.02 Å². The van der Waals surface area contributed by atoms with Crippen molar-refractivity contribution in [2.75, 3.05) is 11.9 Å². The Morgan fingerprint density at radius 2 is 2.11 bits per heavy atom. The SMILES string of the molecule is CCCNc1cc(Sc2ccc(Cl)cn2)ncn1. The molecule has 6 heteroatoms. The maximum absolute atomic E-state index is 5.79. The summed E-state index contributed by atoms with van der Waals surface area (Å²) >= 11 is 7.27. The molecule has 2 aromatic rings. The summed E-state index contributed by atoms with van der Waals surface area (Å²) in [6.07, 6.45) is 4.24. The molecule has 0 saturated carbocycles. The topological polar surface area (TPSA) is 50.7 Å². The first kappa shape index (κ1) is 13.1. The molecule has 0 aliphatic heterocycles. The minimum absolute atomic E-state index is 0.632. The molecular formula is C12H13ClN4S. The number of nitrogens with one attached hydrogen (secondary N) is 1. The van der Waals surface area contributed by atoms with E-state index in [2.05, 4.69) is 27.2 Å². The molecule has 2 rings (SSSR count). The van der Waals surface area contributed by atoms with Gasteiger partial charge in [-0.05, 0) is 30.3 Å². The van der Waals surface area contributed by atoms with Gasteiger partial charge < -0.3 is 5.32 Å². The molecule has 18 heavy (non-hydrogen) atoms. The van der Waals surface area contributed by atoms with E-state index in [1.165, 1.54) is 11.8 Å². The lowest BCUT2D eigenvalue weighted by molar-refractivity contribution is 0.952. The third kappa shape index (κ3) is 3.85. The van der Waals surface area contributed by atoms with Crippen LogP contribution in [-0.2, 0) is 0 Å². The Labute approximate surface area is 115 Å². The van der Waals surface area contributed by atoms with Gasteiger partial charge in [0, 0.05) is 18.8 Å². The highest BCUT2D eigenvalue weighted by Crippen LogP contribution is 2.25. The van der Waals surface area contributed by atoms with Crippen LogP contribution in [-0.4, -0.2) is 21.5 Å². The number of hydrogen-bond donors (Lipinski definition) is 1. The van der Waals surface area contributed by atoms with Crippen molar-refractivity contribution in [2.45, 2.75) is 23.4 Å². The minimum atomic E-state index is 0.632. The summed E-state index contributed by atoms with van der Waals surface area (Å²) in [5.41, 5.74) is 0. The Hall–Kier alpha value is -1.33. The van der Waals surface area contributed by atoms with Crippen LogP contribution in [0.3, 0.4) is 0 Å². The molecule has 0 aliphatic rings. The fourth-order valence-corrected chi connectivity index (χ4v) is 2.11. The second kappa shape index (κ2) is 6.56. The van der Waals surface area contributed by atoms with Gasteiger partial charge in [0.1, 0.15) is 22.2 Å². The molecule has 0 aromatic carbocycles. The highest BCUT2D eigenvalue weighted by molar-refractivity contribution is 7.99. The lowest BCUT2D eigenvalue weighted by atomic mass is 10.4. The molecule has 0 spiro atoms. The van der Waals surface area contributed by atoms with E-state index in [1.807, 2.05) is 18.2 Å². The molecule has 0 atom stereocenters. The van der Waals surface area contributed by atoms with E-state index >= 15 is 0 Å². The maximum atomic E-state index is 5.79. The number of halogens is 1. The van der Waals surface area contributed by atoms with Crippen LogP contribution in [0.4, 0.5) is 5.82 Å². The molecule has 0 amide bonds. The van der Waals surface area contributed by atoms with E-state index < -0.39 is 0 Å². The van der Waals surface area contributed by atoms with Gasteiger partial charge in [-0.2, -0.15) is 0 Å². The molecule has 0 fully saturated rings. The van der Waals surface area contributed by atoms with Crippen molar-refractivity contribution in [3.8, 4) is 0 Å². The average Bonchev–Trinajstić information content (AvgIpc) is 2.40. The van der Waals surface area contributed by atoms with Crippen LogP contribution in [0.1, 0.15) is 13.3 Å². The van der Waals surface area contributed by atoms with Gasteiger partial charge in [0.25, 0.3) is 0 Å². The molecule has 0 aliphatic carbocycles. The molecule has 0 bridgehead atoms. The fourth-order valence-electron chi connectivity index (χ4n) is 1.27. The summed E-state index contributed by atoms with van der Waals surface area (Å²) in [6, 6.07) is 5.60. The van der Waals surface area contributed by atoms with Crippen LogP contribution >= 0.6 is 23.4 Å². The molecule has 4 nitrogen and oxygen atoms in total. The van der Waals surface area contributed by atoms with E-state index in [-0.39, 0.29) is 0 Å². The van der Waals surface area contributed by atoms with Gasteiger partial charge in [-0.1, -0.05) is 18.5 Å². The summed E-state index contributed by atoms with van der Waals surface area (Å²) in [5, 5.41) is 5.58. The van der Waals surface area contributed by atoms with Crippen molar-refractivity contribution >= 4 is 29.2 Å². The smallest absolute Gasteiger partial charge is 0.130 e. The zero-order chi connectivity index (χ0) is 12.8. The molecule has 0 unspecified atom stereocenters. The Bertz CT molecular complexity index is 504. The summed E-state index contributed by atoms with van der Waals surface area (Å²) in [6.45, 7) is 3.02. The van der Waals surface area contributed by atoms with Gasteiger partial charge in [-0.25, -0.2) is 15.0 Å². The van der Waals surface area contributed by atoms with Crippen LogP contribution in [0, 0.1) is 0 Å². The van der Waals surface area contributed by atoms with Gasteiger partial charge in [0.2, 0.25) is 0 Å². The van der Waals surface area contributed by atoms with Crippen molar-refractivity contribution < 1.29 is 0 Å². The molecule has 2 aromatic heterocycles. The summed E-state index contributed by atoms with van der Waals surface area (Å²) < 4.78 is 0. The van der Waals surface area contributed by atoms with Gasteiger partial charge in [0.15, 0.2) is 0 Å². The van der Waals surface area contributed by atoms with Crippen LogP contribution in [0.15, 0.2) is 40.8 Å². The van der Waals surface area contributed by atoms with Crippen molar-refractivity contribution in [3.05, 3.63) is 35.7 Å². The van der Waals surface area contributed by atoms with Crippen molar-refractivity contribution in [1.29, 1.82) is 0 Å². The van der Waals surface area contributed by atoms with E-state index in [4.69, 9.17) is 11.6 Å². The first-order valence-electron chi connectivity index (χ1n) is 5.63. The van der Waals surface area contributed by atoms with Gasteiger partial charge in [-0.3, -0.25) is 0 Å². The molecular weight excluding hydrogens is 268 g/mol.